The maximum absolute atomic E-state index is 14.5. The molecule has 0 radical (unpaired) electrons. The molecule has 2 aliphatic rings. The second-order valence-corrected chi connectivity index (χ2v) is 10.8. The fourth-order valence-electron chi connectivity index (χ4n) is 4.75. The Balaban J connectivity index is 1.51. The molecule has 2 aromatic carbocycles. The van der Waals surface area contributed by atoms with E-state index in [0.29, 0.717) is 37.9 Å². The molecule has 1 aliphatic carbocycles. The highest BCUT2D eigenvalue weighted by atomic mass is 32.2. The Morgan fingerprint density at radius 3 is 2.50 bits per heavy atom. The van der Waals surface area contributed by atoms with Crippen molar-refractivity contribution in [3.05, 3.63) is 59.2 Å². The number of rotatable bonds is 5. The van der Waals surface area contributed by atoms with E-state index in [9.17, 15) is 22.0 Å². The number of nitrogens with one attached hydrogen (secondary N) is 1. The molecule has 4 rings (SSSR count). The Bertz CT molecular complexity index is 1120. The molecule has 0 bridgehead atoms. The topological polar surface area (TPSA) is 66.5 Å². The molecule has 8 heteroatoms. The summed E-state index contributed by atoms with van der Waals surface area (Å²) in [6.45, 7) is 2.96. The lowest BCUT2D eigenvalue weighted by Crippen LogP contribution is -2.36. The van der Waals surface area contributed by atoms with Crippen LogP contribution in [0.15, 0.2) is 36.4 Å². The fraction of sp³-hybridized carbons (Fsp3) is 0.458. The van der Waals surface area contributed by atoms with Crippen molar-refractivity contribution in [1.29, 1.82) is 0 Å². The fourth-order valence-corrected chi connectivity index (χ4v) is 5.59. The van der Waals surface area contributed by atoms with Crippen molar-refractivity contribution in [1.82, 2.24) is 9.62 Å². The third-order valence-corrected chi connectivity index (χ3v) is 7.13. The van der Waals surface area contributed by atoms with Gasteiger partial charge in [-0.25, -0.2) is 21.9 Å². The number of hydrogen-bond donors (Lipinski definition) is 1. The molecule has 1 aliphatic heterocycles. The van der Waals surface area contributed by atoms with Crippen LogP contribution in [0.25, 0.3) is 11.1 Å². The second kappa shape index (κ2) is 8.90. The number of nitrogens with zero attached hydrogens (tertiary/aromatic N) is 1. The lowest BCUT2D eigenvalue weighted by molar-refractivity contribution is -0.132. The van der Waals surface area contributed by atoms with E-state index in [2.05, 4.69) is 4.72 Å². The van der Waals surface area contributed by atoms with Crippen molar-refractivity contribution in [3.63, 3.8) is 0 Å². The van der Waals surface area contributed by atoms with Crippen molar-refractivity contribution in [2.75, 3.05) is 19.3 Å². The molecule has 1 N–H and O–H groups in total. The minimum atomic E-state index is -3.28. The van der Waals surface area contributed by atoms with Crippen molar-refractivity contribution in [3.8, 4) is 11.1 Å². The predicted octanol–water partition coefficient (Wildman–Crippen LogP) is 3.97. The number of sulfonamides is 1. The molecular formula is C24H28F2N2O3S. The van der Waals surface area contributed by atoms with E-state index in [-0.39, 0.29) is 29.3 Å². The largest absolute Gasteiger partial charge is 0.342 e. The van der Waals surface area contributed by atoms with E-state index >= 15 is 0 Å². The van der Waals surface area contributed by atoms with Gasteiger partial charge in [0, 0.05) is 25.0 Å². The predicted molar refractivity (Wildman–Crippen MR) is 120 cm³/mol. The zero-order valence-electron chi connectivity index (χ0n) is 18.3. The molecule has 1 saturated carbocycles. The van der Waals surface area contributed by atoms with Gasteiger partial charge in [0.25, 0.3) is 0 Å². The summed E-state index contributed by atoms with van der Waals surface area (Å²) in [5.74, 6) is -1.49. The number of amides is 1. The van der Waals surface area contributed by atoms with Gasteiger partial charge in [0.1, 0.15) is 11.6 Å². The molecule has 0 spiro atoms. The summed E-state index contributed by atoms with van der Waals surface area (Å²) in [6, 6.07) is 9.25. The molecule has 1 saturated heterocycles. The van der Waals surface area contributed by atoms with Crippen LogP contribution in [0.4, 0.5) is 8.78 Å². The molecule has 0 unspecified atom stereocenters. The first-order valence-corrected chi connectivity index (χ1v) is 12.8. The smallest absolute Gasteiger partial charge is 0.226 e. The minimum Gasteiger partial charge on any atom is -0.342 e. The van der Waals surface area contributed by atoms with Gasteiger partial charge in [-0.05, 0) is 61.8 Å². The first-order chi connectivity index (χ1) is 15.1. The molecule has 1 amide bonds. The molecule has 5 nitrogen and oxygen atoms in total. The molecule has 172 valence electrons. The van der Waals surface area contributed by atoms with Crippen molar-refractivity contribution >= 4 is 15.9 Å². The standard InChI is InChI=1S/C24H28F2N2O3S/c1-15-8-9-17(19(13-15)23-21(25)6-3-7-22(23)26)18-14-20(18)24(29)28-11-4-5-16(10-12-28)27-32(2,30)31/h3,6-9,13,16,18,20,27H,4-5,10-12,14H2,1-2H3/t16-,18+,20-/m1/s1. The maximum Gasteiger partial charge on any atom is 0.226 e. The molecule has 32 heavy (non-hydrogen) atoms. The van der Waals surface area contributed by atoms with Crippen LogP contribution < -0.4 is 4.72 Å². The van der Waals surface area contributed by atoms with E-state index in [0.717, 1.165) is 23.8 Å². The normalized spacial score (nSPS) is 23.6. The number of benzene rings is 2. The maximum atomic E-state index is 14.5. The monoisotopic (exact) mass is 462 g/mol. The average molecular weight is 463 g/mol. The van der Waals surface area contributed by atoms with E-state index in [1.165, 1.54) is 18.2 Å². The van der Waals surface area contributed by atoms with E-state index < -0.39 is 21.7 Å². The second-order valence-electron chi connectivity index (χ2n) is 8.98. The summed E-state index contributed by atoms with van der Waals surface area (Å²) in [6.07, 6.45) is 3.79. The average Bonchev–Trinajstić information content (AvgIpc) is 3.51. The molecule has 1 heterocycles. The molecule has 3 atom stereocenters. The minimum absolute atomic E-state index is 0.0375. The van der Waals surface area contributed by atoms with Crippen LogP contribution in [0.1, 0.15) is 42.7 Å². The van der Waals surface area contributed by atoms with Gasteiger partial charge in [-0.2, -0.15) is 0 Å². The van der Waals surface area contributed by atoms with Crippen LogP contribution >= 0.6 is 0 Å². The van der Waals surface area contributed by atoms with Crippen LogP contribution in [0.2, 0.25) is 0 Å². The number of carbonyl (C=O) groups is 1. The van der Waals surface area contributed by atoms with Crippen LogP contribution in [0.5, 0.6) is 0 Å². The quantitative estimate of drug-likeness (QED) is 0.731. The van der Waals surface area contributed by atoms with Crippen molar-refractivity contribution in [2.24, 2.45) is 5.92 Å². The van der Waals surface area contributed by atoms with Gasteiger partial charge in [-0.3, -0.25) is 4.79 Å². The van der Waals surface area contributed by atoms with Crippen LogP contribution in [0.3, 0.4) is 0 Å². The van der Waals surface area contributed by atoms with Gasteiger partial charge in [0.15, 0.2) is 0 Å². The van der Waals surface area contributed by atoms with Crippen LogP contribution in [0, 0.1) is 24.5 Å². The van der Waals surface area contributed by atoms with Gasteiger partial charge in [0.05, 0.1) is 11.8 Å². The SMILES string of the molecule is Cc1ccc([C@@H]2C[C@H]2C(=O)N2CCC[C@@H](NS(C)(=O)=O)CC2)c(-c2c(F)cccc2F)c1. The molecular weight excluding hydrogens is 434 g/mol. The summed E-state index contributed by atoms with van der Waals surface area (Å²) < 4.78 is 54.7. The third kappa shape index (κ3) is 5.02. The number of carbonyl (C=O) groups excluding carboxylic acids is 1. The van der Waals surface area contributed by atoms with E-state index in [1.54, 1.807) is 6.07 Å². The Kier molecular flexibility index (Phi) is 6.36. The van der Waals surface area contributed by atoms with Gasteiger partial charge in [-0.15, -0.1) is 0 Å². The lowest BCUT2D eigenvalue weighted by Gasteiger charge is -2.21. The summed E-state index contributed by atoms with van der Waals surface area (Å²) in [5, 5.41) is 0. The van der Waals surface area contributed by atoms with E-state index in [1.807, 2.05) is 24.0 Å². The summed E-state index contributed by atoms with van der Waals surface area (Å²) in [7, 11) is -3.28. The Hall–Kier alpha value is -2.32. The zero-order chi connectivity index (χ0) is 23.0. The summed E-state index contributed by atoms with van der Waals surface area (Å²) in [5.41, 5.74) is 2.15. The molecule has 0 aromatic heterocycles. The van der Waals surface area contributed by atoms with Gasteiger partial charge in [0.2, 0.25) is 15.9 Å². The number of hydrogen-bond acceptors (Lipinski definition) is 3. The Morgan fingerprint density at radius 1 is 1.09 bits per heavy atom. The highest BCUT2D eigenvalue weighted by molar-refractivity contribution is 7.88. The van der Waals surface area contributed by atoms with E-state index in [4.69, 9.17) is 0 Å². The zero-order valence-corrected chi connectivity index (χ0v) is 19.1. The van der Waals surface area contributed by atoms with Crippen LogP contribution in [-0.4, -0.2) is 44.6 Å². The van der Waals surface area contributed by atoms with Crippen LogP contribution in [-0.2, 0) is 14.8 Å². The molecule has 2 aromatic rings. The number of likely N-dealkylation sites (tertiary alicyclic amines) is 1. The van der Waals surface area contributed by atoms with Crippen molar-refractivity contribution in [2.45, 2.75) is 44.6 Å². The lowest BCUT2D eigenvalue weighted by atomic mass is 9.93. The van der Waals surface area contributed by atoms with Gasteiger partial charge >= 0.3 is 0 Å². The number of halogens is 2. The summed E-state index contributed by atoms with van der Waals surface area (Å²) in [4.78, 5) is 15.0. The first kappa shape index (κ1) is 22.9. The van der Waals surface area contributed by atoms with Gasteiger partial charge in [-0.1, -0.05) is 29.8 Å². The third-order valence-electron chi connectivity index (χ3n) is 6.37. The highest BCUT2D eigenvalue weighted by Gasteiger charge is 2.47. The van der Waals surface area contributed by atoms with Crippen molar-refractivity contribution < 1.29 is 22.0 Å². The Labute approximate surface area is 187 Å². The van der Waals surface area contributed by atoms with Gasteiger partial charge < -0.3 is 4.90 Å². The number of aryl methyl sites for hydroxylation is 1. The first-order valence-electron chi connectivity index (χ1n) is 10.9. The highest BCUT2D eigenvalue weighted by Crippen LogP contribution is 2.52. The molecule has 2 fully saturated rings. The Morgan fingerprint density at radius 2 is 1.81 bits per heavy atom. The summed E-state index contributed by atoms with van der Waals surface area (Å²) >= 11 is 0.